The van der Waals surface area contributed by atoms with Crippen LogP contribution in [0.2, 0.25) is 10.5 Å². The van der Waals surface area contributed by atoms with Crippen LogP contribution < -0.4 is 13.8 Å². The van der Waals surface area contributed by atoms with Crippen molar-refractivity contribution in [1.82, 2.24) is 15.0 Å². The first-order chi connectivity index (χ1) is 17.8. The Kier molecular flexibility index (Phi) is 5.48. The summed E-state index contributed by atoms with van der Waals surface area (Å²) in [4.78, 5) is 17.7. The molecule has 0 spiro atoms. The molecule has 0 atom stereocenters. The second kappa shape index (κ2) is 8.98. The van der Waals surface area contributed by atoms with E-state index >= 15 is 0 Å². The fraction of sp³-hybridized carbons (Fsp3) is 0.133. The van der Waals surface area contributed by atoms with Gasteiger partial charge in [-0.15, -0.1) is 0 Å². The Morgan fingerprint density at radius 2 is 1.61 bits per heavy atom. The van der Waals surface area contributed by atoms with E-state index in [2.05, 4.69) is 93.7 Å². The zero-order valence-electron chi connectivity index (χ0n) is 19.9. The summed E-state index contributed by atoms with van der Waals surface area (Å²) in [5, 5.41) is 2.65. The molecule has 0 unspecified atom stereocenters. The first kappa shape index (κ1) is 22.0. The molecule has 3 aromatic carbocycles. The van der Waals surface area contributed by atoms with E-state index in [1.165, 1.54) is 49.0 Å². The third-order valence-electron chi connectivity index (χ3n) is 7.57. The standard InChI is InChI=1S/C30H26GeN4S/c1-2-11-27-25(10-1)35(24-9-7-8-22(20-24)30-33-18-19-34-30)26-21-23(13-14-28(26)36-27)31(15-4-5-16-31)29-12-3-6-17-32-29/h1-3,6-14,17-21H,4-5,15-16H2,(H,33,34). The molecule has 6 heteroatoms. The summed E-state index contributed by atoms with van der Waals surface area (Å²) >= 11 is -0.658. The van der Waals surface area contributed by atoms with E-state index in [0.29, 0.717) is 0 Å². The number of fused-ring (bicyclic) bond motifs is 2. The van der Waals surface area contributed by atoms with Crippen molar-refractivity contribution in [3.8, 4) is 11.4 Å². The fourth-order valence-electron chi connectivity index (χ4n) is 5.86. The van der Waals surface area contributed by atoms with Crippen LogP contribution in [-0.4, -0.2) is 28.2 Å². The van der Waals surface area contributed by atoms with Crippen LogP contribution in [0.4, 0.5) is 17.1 Å². The molecule has 36 heavy (non-hydrogen) atoms. The van der Waals surface area contributed by atoms with Crippen molar-refractivity contribution in [2.45, 2.75) is 33.1 Å². The normalized spacial score (nSPS) is 15.9. The number of imidazole rings is 1. The number of nitrogens with one attached hydrogen (secondary N) is 1. The Bertz CT molecular complexity index is 1530. The SMILES string of the molecule is c1cc[c]([Ge]2([c]3ccc4c(c3)N(c3cccc(-c5ncc[nH]5)c3)c3ccccc3S4)[CH2]CC[CH2]2)nc1. The van der Waals surface area contributed by atoms with Gasteiger partial charge in [0.25, 0.3) is 0 Å². The Morgan fingerprint density at radius 1 is 0.750 bits per heavy atom. The van der Waals surface area contributed by atoms with Gasteiger partial charge in [-0.3, -0.25) is 0 Å². The molecule has 7 rings (SSSR count). The van der Waals surface area contributed by atoms with Gasteiger partial charge < -0.3 is 0 Å². The van der Waals surface area contributed by atoms with E-state index in [0.717, 1.165) is 17.1 Å². The van der Waals surface area contributed by atoms with E-state index in [4.69, 9.17) is 4.98 Å². The molecule has 4 nitrogen and oxygen atoms in total. The molecular weight excluding hydrogens is 521 g/mol. The predicted octanol–water partition coefficient (Wildman–Crippen LogP) is 6.76. The molecule has 1 fully saturated rings. The van der Waals surface area contributed by atoms with Gasteiger partial charge in [0.15, 0.2) is 0 Å². The van der Waals surface area contributed by atoms with Crippen molar-refractivity contribution < 1.29 is 0 Å². The van der Waals surface area contributed by atoms with Crippen molar-refractivity contribution in [2.75, 3.05) is 4.90 Å². The van der Waals surface area contributed by atoms with Crippen LogP contribution in [0, 0.1) is 0 Å². The number of para-hydroxylation sites is 1. The first-order valence-corrected chi connectivity index (χ1v) is 18.4. The zero-order valence-corrected chi connectivity index (χ0v) is 22.8. The van der Waals surface area contributed by atoms with Gasteiger partial charge in [0.1, 0.15) is 0 Å². The molecule has 1 N–H and O–H groups in total. The Balaban J connectivity index is 1.41. The van der Waals surface area contributed by atoms with Crippen molar-refractivity contribution >= 4 is 51.0 Å². The molecule has 1 saturated heterocycles. The van der Waals surface area contributed by atoms with Gasteiger partial charge in [-0.05, 0) is 0 Å². The molecule has 0 radical (unpaired) electrons. The van der Waals surface area contributed by atoms with Gasteiger partial charge in [-0.25, -0.2) is 0 Å². The third kappa shape index (κ3) is 3.61. The summed E-state index contributed by atoms with van der Waals surface area (Å²) in [5.41, 5.74) is 4.75. The number of anilines is 3. The van der Waals surface area contributed by atoms with Gasteiger partial charge in [-0.2, -0.15) is 0 Å². The summed E-state index contributed by atoms with van der Waals surface area (Å²) in [6.07, 6.45) is 8.31. The average molecular weight is 547 g/mol. The maximum atomic E-state index is 4.93. The maximum absolute atomic E-state index is 4.93. The molecule has 2 aromatic heterocycles. The van der Waals surface area contributed by atoms with E-state index in [1.54, 1.807) is 10.6 Å². The summed E-state index contributed by atoms with van der Waals surface area (Å²) in [6.45, 7) is 0. The first-order valence-electron chi connectivity index (χ1n) is 12.5. The van der Waals surface area contributed by atoms with Gasteiger partial charge in [0, 0.05) is 0 Å². The molecule has 5 aromatic rings. The van der Waals surface area contributed by atoms with Crippen LogP contribution in [0.1, 0.15) is 12.8 Å². The Morgan fingerprint density at radius 3 is 2.44 bits per heavy atom. The van der Waals surface area contributed by atoms with E-state index < -0.39 is 13.3 Å². The third-order valence-corrected chi connectivity index (χ3v) is 19.4. The number of benzene rings is 3. The quantitative estimate of drug-likeness (QED) is 0.248. The number of nitrogens with zero attached hydrogens (tertiary/aromatic N) is 3. The minimum absolute atomic E-state index is 0.889. The summed E-state index contributed by atoms with van der Waals surface area (Å²) in [6, 6.07) is 31.3. The van der Waals surface area contributed by atoms with Crippen molar-refractivity contribution in [1.29, 1.82) is 0 Å². The van der Waals surface area contributed by atoms with Crippen molar-refractivity contribution in [3.63, 3.8) is 0 Å². The second-order valence-corrected chi connectivity index (χ2v) is 19.6. The van der Waals surface area contributed by atoms with Gasteiger partial charge >= 0.3 is 219 Å². The Hall–Kier alpha value is -3.29. The average Bonchev–Trinajstić information content (AvgIpc) is 3.66. The molecule has 4 heterocycles. The summed E-state index contributed by atoms with van der Waals surface area (Å²) in [5.74, 6) is 0.889. The van der Waals surface area contributed by atoms with Crippen LogP contribution in [0.15, 0.2) is 113 Å². The van der Waals surface area contributed by atoms with E-state index in [-0.39, 0.29) is 0 Å². The summed E-state index contributed by atoms with van der Waals surface area (Å²) in [7, 11) is 0. The second-order valence-electron chi connectivity index (χ2n) is 9.58. The predicted molar refractivity (Wildman–Crippen MR) is 151 cm³/mol. The molecule has 0 bridgehead atoms. The fourth-order valence-corrected chi connectivity index (χ4v) is 17.2. The molecule has 0 aliphatic carbocycles. The van der Waals surface area contributed by atoms with E-state index in [9.17, 15) is 0 Å². The number of hydrogen-bond acceptors (Lipinski definition) is 4. The number of aromatic nitrogens is 3. The van der Waals surface area contributed by atoms with Crippen molar-refractivity contribution in [2.24, 2.45) is 0 Å². The number of rotatable bonds is 4. The molecule has 2 aliphatic heterocycles. The topological polar surface area (TPSA) is 44.8 Å². The number of hydrogen-bond donors (Lipinski definition) is 1. The summed E-state index contributed by atoms with van der Waals surface area (Å²) < 4.78 is 2.93. The Labute approximate surface area is 218 Å². The monoisotopic (exact) mass is 548 g/mol. The molecule has 0 amide bonds. The van der Waals surface area contributed by atoms with Crippen LogP contribution in [0.5, 0.6) is 0 Å². The van der Waals surface area contributed by atoms with Crippen molar-refractivity contribution in [3.05, 3.63) is 104 Å². The molecule has 2 aliphatic rings. The van der Waals surface area contributed by atoms with E-state index in [1.807, 2.05) is 30.2 Å². The number of pyridine rings is 1. The number of H-pyrrole nitrogens is 1. The molecule has 0 saturated carbocycles. The molecule has 176 valence electrons. The van der Waals surface area contributed by atoms with Crippen LogP contribution in [-0.2, 0) is 0 Å². The number of aromatic amines is 1. The van der Waals surface area contributed by atoms with Gasteiger partial charge in [-0.1, -0.05) is 0 Å². The minimum atomic E-state index is -2.53. The van der Waals surface area contributed by atoms with Crippen LogP contribution in [0.25, 0.3) is 11.4 Å². The molecular formula is C30H26GeN4S. The van der Waals surface area contributed by atoms with Crippen LogP contribution >= 0.6 is 11.8 Å². The van der Waals surface area contributed by atoms with Crippen LogP contribution in [0.3, 0.4) is 0 Å². The van der Waals surface area contributed by atoms with Gasteiger partial charge in [0.2, 0.25) is 0 Å². The van der Waals surface area contributed by atoms with Gasteiger partial charge in [0.05, 0.1) is 0 Å². The zero-order chi connectivity index (χ0) is 24.0.